The molecule has 0 aliphatic heterocycles. The predicted octanol–water partition coefficient (Wildman–Crippen LogP) is 1.20. The fourth-order valence-corrected chi connectivity index (χ4v) is 1.12. The normalized spacial score (nSPS) is 9.18. The molecule has 4 nitrogen and oxygen atoms in total. The predicted molar refractivity (Wildman–Crippen MR) is 42.4 cm³/mol. The van der Waals surface area contributed by atoms with E-state index in [9.17, 15) is 4.79 Å². The van der Waals surface area contributed by atoms with Crippen LogP contribution in [-0.4, -0.2) is 27.8 Å². The van der Waals surface area contributed by atoms with Crippen molar-refractivity contribution in [3.63, 3.8) is 0 Å². The van der Waals surface area contributed by atoms with Crippen LogP contribution in [0.4, 0.5) is 0 Å². The monoisotopic (exact) mass is 178 g/mol. The maximum Gasteiger partial charge on any atom is 0.304 e. The van der Waals surface area contributed by atoms with E-state index in [1.807, 2.05) is 0 Å². The van der Waals surface area contributed by atoms with E-state index in [-0.39, 0.29) is 12.2 Å². The van der Waals surface area contributed by atoms with E-state index in [2.05, 4.69) is 11.5 Å². The molecule has 0 spiro atoms. The van der Waals surface area contributed by atoms with Crippen LogP contribution in [0.5, 0.6) is 0 Å². The lowest BCUT2D eigenvalue weighted by atomic mass is 10.5. The molecule has 5 heteroatoms. The molecule has 0 heterocycles. The fraction of sp³-hybridized carbons (Fsp3) is 0.500. The lowest BCUT2D eigenvalue weighted by Crippen LogP contribution is -1.97. The molecule has 0 aliphatic rings. The van der Waals surface area contributed by atoms with Crippen LogP contribution in [0.15, 0.2) is 12.3 Å². The summed E-state index contributed by atoms with van der Waals surface area (Å²) in [5.41, 5.74) is 0. The second-order valence-corrected chi connectivity index (χ2v) is 2.93. The third-order valence-corrected chi connectivity index (χ3v) is 1.87. The zero-order valence-corrected chi connectivity index (χ0v) is 6.76. The highest BCUT2D eigenvalue weighted by molar-refractivity contribution is 7.99. The summed E-state index contributed by atoms with van der Waals surface area (Å²) in [4.78, 5) is 13.8. The minimum absolute atomic E-state index is 0.114. The lowest BCUT2D eigenvalue weighted by molar-refractivity contribution is -0.201. The highest BCUT2D eigenvalue weighted by Crippen LogP contribution is 2.07. The first kappa shape index (κ1) is 10.3. The SMILES string of the molecule is C=C(CSCCC(=O)O)OO. The Kier molecular flexibility index (Phi) is 5.68. The van der Waals surface area contributed by atoms with E-state index in [4.69, 9.17) is 10.4 Å². The molecule has 0 fully saturated rings. The Morgan fingerprint density at radius 2 is 2.27 bits per heavy atom. The van der Waals surface area contributed by atoms with Gasteiger partial charge in [0.15, 0.2) is 0 Å². The van der Waals surface area contributed by atoms with Crippen molar-refractivity contribution in [2.75, 3.05) is 11.5 Å². The van der Waals surface area contributed by atoms with Gasteiger partial charge in [0.1, 0.15) is 5.76 Å². The summed E-state index contributed by atoms with van der Waals surface area (Å²) in [6.07, 6.45) is 0.114. The van der Waals surface area contributed by atoms with Gasteiger partial charge in [-0.2, -0.15) is 11.8 Å². The largest absolute Gasteiger partial charge is 0.481 e. The van der Waals surface area contributed by atoms with Crippen molar-refractivity contribution in [2.45, 2.75) is 6.42 Å². The van der Waals surface area contributed by atoms with Crippen LogP contribution in [-0.2, 0) is 9.68 Å². The summed E-state index contributed by atoms with van der Waals surface area (Å²) in [5, 5.41) is 16.2. The van der Waals surface area contributed by atoms with E-state index < -0.39 is 5.97 Å². The Bertz CT molecular complexity index is 146. The first-order chi connectivity index (χ1) is 5.16. The molecule has 0 atom stereocenters. The number of hydrogen-bond acceptors (Lipinski definition) is 4. The summed E-state index contributed by atoms with van der Waals surface area (Å²) in [6.45, 7) is 3.35. The van der Waals surface area contributed by atoms with Gasteiger partial charge in [0.25, 0.3) is 0 Å². The highest BCUT2D eigenvalue weighted by atomic mass is 32.2. The Balaban J connectivity index is 3.14. The van der Waals surface area contributed by atoms with Gasteiger partial charge in [0.05, 0.1) is 12.2 Å². The average Bonchev–Trinajstić information content (AvgIpc) is 1.97. The first-order valence-electron chi connectivity index (χ1n) is 2.95. The standard InChI is InChI=1S/C6H10O4S/c1-5(10-9)4-11-3-2-6(7)8/h9H,1-4H2,(H,7,8). The molecule has 2 N–H and O–H groups in total. The lowest BCUT2D eigenvalue weighted by Gasteiger charge is -1.99. The number of carbonyl (C=O) groups is 1. The molecular weight excluding hydrogens is 168 g/mol. The van der Waals surface area contributed by atoms with Crippen molar-refractivity contribution < 1.29 is 20.0 Å². The molecule has 0 saturated carbocycles. The molecule has 0 rings (SSSR count). The van der Waals surface area contributed by atoms with Gasteiger partial charge in [-0.15, -0.1) is 0 Å². The van der Waals surface area contributed by atoms with E-state index >= 15 is 0 Å². The summed E-state index contributed by atoms with van der Waals surface area (Å²) in [6, 6.07) is 0. The number of hydrogen-bond donors (Lipinski definition) is 2. The zero-order valence-electron chi connectivity index (χ0n) is 5.95. The quantitative estimate of drug-likeness (QED) is 0.277. The molecule has 0 radical (unpaired) electrons. The second-order valence-electron chi connectivity index (χ2n) is 1.83. The molecule has 0 unspecified atom stereocenters. The number of thioether (sulfide) groups is 1. The number of carboxylic acid groups (broad SMARTS) is 1. The Labute approximate surface area is 68.8 Å². The van der Waals surface area contributed by atoms with E-state index in [1.54, 1.807) is 0 Å². The van der Waals surface area contributed by atoms with E-state index in [0.717, 1.165) is 0 Å². The fourth-order valence-electron chi connectivity index (χ4n) is 0.372. The van der Waals surface area contributed by atoms with Gasteiger partial charge in [-0.1, -0.05) is 6.58 Å². The topological polar surface area (TPSA) is 66.8 Å². The van der Waals surface area contributed by atoms with Gasteiger partial charge in [0, 0.05) is 5.75 Å². The summed E-state index contributed by atoms with van der Waals surface area (Å²) >= 11 is 1.35. The molecule has 0 saturated heterocycles. The minimum atomic E-state index is -0.826. The average molecular weight is 178 g/mol. The van der Waals surface area contributed by atoms with Crippen LogP contribution >= 0.6 is 11.8 Å². The number of rotatable bonds is 6. The van der Waals surface area contributed by atoms with Crippen LogP contribution in [0.2, 0.25) is 0 Å². The van der Waals surface area contributed by atoms with Crippen molar-refractivity contribution in [1.82, 2.24) is 0 Å². The van der Waals surface area contributed by atoms with Gasteiger partial charge in [-0.3, -0.25) is 4.79 Å². The van der Waals surface area contributed by atoms with Crippen LogP contribution in [0.1, 0.15) is 6.42 Å². The van der Waals surface area contributed by atoms with Crippen LogP contribution < -0.4 is 0 Å². The molecule has 0 aromatic rings. The molecule has 0 amide bonds. The number of carboxylic acids is 1. The summed E-state index contributed by atoms with van der Waals surface area (Å²) < 4.78 is 0. The molecule has 11 heavy (non-hydrogen) atoms. The van der Waals surface area contributed by atoms with Crippen LogP contribution in [0.25, 0.3) is 0 Å². The van der Waals surface area contributed by atoms with Gasteiger partial charge >= 0.3 is 5.97 Å². The third-order valence-electron chi connectivity index (χ3n) is 0.852. The maximum atomic E-state index is 10.00. The van der Waals surface area contributed by atoms with Gasteiger partial charge < -0.3 is 9.99 Å². The zero-order chi connectivity index (χ0) is 8.69. The van der Waals surface area contributed by atoms with Crippen LogP contribution in [0.3, 0.4) is 0 Å². The van der Waals surface area contributed by atoms with Gasteiger partial charge in [-0.05, 0) is 0 Å². The van der Waals surface area contributed by atoms with E-state index in [1.165, 1.54) is 11.8 Å². The maximum absolute atomic E-state index is 10.00. The molecule has 0 aliphatic carbocycles. The van der Waals surface area contributed by atoms with Crippen molar-refractivity contribution in [1.29, 1.82) is 0 Å². The van der Waals surface area contributed by atoms with E-state index in [0.29, 0.717) is 11.5 Å². The number of aliphatic carboxylic acids is 1. The molecule has 0 aromatic heterocycles. The van der Waals surface area contributed by atoms with Crippen molar-refractivity contribution in [2.24, 2.45) is 0 Å². The first-order valence-corrected chi connectivity index (χ1v) is 4.11. The molecule has 64 valence electrons. The van der Waals surface area contributed by atoms with Gasteiger partial charge in [0.2, 0.25) is 0 Å². The summed E-state index contributed by atoms with van der Waals surface area (Å²) in [7, 11) is 0. The minimum Gasteiger partial charge on any atom is -0.481 e. The van der Waals surface area contributed by atoms with Crippen molar-refractivity contribution in [3.8, 4) is 0 Å². The second kappa shape index (κ2) is 6.06. The highest BCUT2D eigenvalue weighted by Gasteiger charge is 1.98. The Morgan fingerprint density at radius 3 is 2.73 bits per heavy atom. The Morgan fingerprint density at radius 1 is 1.64 bits per heavy atom. The Hall–Kier alpha value is -0.680. The smallest absolute Gasteiger partial charge is 0.304 e. The third kappa shape index (κ3) is 7.21. The molecular formula is C6H10O4S. The molecule has 0 bridgehead atoms. The summed E-state index contributed by atoms with van der Waals surface area (Å²) in [5.74, 6) is 0.329. The molecule has 0 aromatic carbocycles. The van der Waals surface area contributed by atoms with Crippen molar-refractivity contribution >= 4 is 17.7 Å². The van der Waals surface area contributed by atoms with Gasteiger partial charge in [-0.25, -0.2) is 5.26 Å². The van der Waals surface area contributed by atoms with Crippen molar-refractivity contribution in [3.05, 3.63) is 12.3 Å². The van der Waals surface area contributed by atoms with Crippen LogP contribution in [0, 0.1) is 0 Å².